The first-order valence-corrected chi connectivity index (χ1v) is 16.7. The van der Waals surface area contributed by atoms with Crippen molar-refractivity contribution in [2.75, 3.05) is 13.6 Å². The molecule has 0 aromatic heterocycles. The Balaban J connectivity index is 1.31. The van der Waals surface area contributed by atoms with Crippen LogP contribution in [-0.2, 0) is 19.1 Å². The molecule has 10 heteroatoms. The fraction of sp³-hybridized carbons (Fsp3) is 0.0909. The lowest BCUT2D eigenvalue weighted by Crippen LogP contribution is -2.12. The minimum absolute atomic E-state index is 0.242. The van der Waals surface area contributed by atoms with Crippen molar-refractivity contribution < 1.29 is 47.6 Å². The fourth-order valence-corrected chi connectivity index (χ4v) is 5.43. The standard InChI is InChI=1S/C44H34O10/c1-27(2)41(45)51-25-49-33-19-13-31(14-20-33)43(47)53-37-23-17-29-9-5-7-11-35(29)39(37)40-36-12-8-6-10-30(36)18-24-38(40)54-44(48)32-15-21-34(22-16-32)50-26-52-42(46)28(3)4/h5-24H,1,3,25-26H2,2,4H3. The maximum absolute atomic E-state index is 13.6. The molecule has 0 N–H and O–H groups in total. The Morgan fingerprint density at radius 2 is 0.852 bits per heavy atom. The number of carbonyl (C=O) groups excluding carboxylic acids is 4. The van der Waals surface area contributed by atoms with Crippen molar-refractivity contribution in [3.8, 4) is 34.1 Å². The van der Waals surface area contributed by atoms with Crippen LogP contribution in [0.5, 0.6) is 23.0 Å². The molecule has 0 spiro atoms. The van der Waals surface area contributed by atoms with Crippen LogP contribution in [0.4, 0.5) is 0 Å². The normalized spacial score (nSPS) is 10.6. The van der Waals surface area contributed by atoms with Crippen LogP contribution in [0.25, 0.3) is 32.7 Å². The Hall–Kier alpha value is -7.20. The van der Waals surface area contributed by atoms with Gasteiger partial charge in [-0.25, -0.2) is 19.2 Å². The molecule has 0 amide bonds. The highest BCUT2D eigenvalue weighted by Gasteiger charge is 2.23. The monoisotopic (exact) mass is 722 g/mol. The van der Waals surface area contributed by atoms with Gasteiger partial charge in [-0.05, 0) is 96.1 Å². The lowest BCUT2D eigenvalue weighted by molar-refractivity contribution is -0.146. The quantitative estimate of drug-likeness (QED) is 0.0494. The van der Waals surface area contributed by atoms with Crippen molar-refractivity contribution in [1.82, 2.24) is 0 Å². The predicted molar refractivity (Wildman–Crippen MR) is 202 cm³/mol. The molecular formula is C44H34O10. The Labute approximate surface area is 310 Å². The van der Waals surface area contributed by atoms with Gasteiger partial charge in [-0.3, -0.25) is 0 Å². The molecule has 0 heterocycles. The van der Waals surface area contributed by atoms with Crippen LogP contribution in [0.2, 0.25) is 0 Å². The summed E-state index contributed by atoms with van der Waals surface area (Å²) in [5.74, 6) is -1.19. The van der Waals surface area contributed by atoms with Crippen molar-refractivity contribution in [2.24, 2.45) is 0 Å². The summed E-state index contributed by atoms with van der Waals surface area (Å²) in [6.45, 7) is 9.49. The number of fused-ring (bicyclic) bond motifs is 2. The molecule has 0 aliphatic carbocycles. The Kier molecular flexibility index (Phi) is 11.1. The lowest BCUT2D eigenvalue weighted by atomic mass is 9.92. The van der Waals surface area contributed by atoms with Crippen molar-refractivity contribution in [3.05, 3.63) is 157 Å². The first kappa shape index (κ1) is 36.6. The molecule has 6 rings (SSSR count). The predicted octanol–water partition coefficient (Wildman–Crippen LogP) is 9.01. The van der Waals surface area contributed by atoms with Crippen LogP contribution in [0.3, 0.4) is 0 Å². The zero-order chi connectivity index (χ0) is 38.2. The van der Waals surface area contributed by atoms with Crippen LogP contribution in [0.1, 0.15) is 34.6 Å². The number of benzene rings is 6. The Morgan fingerprint density at radius 1 is 0.481 bits per heavy atom. The van der Waals surface area contributed by atoms with Gasteiger partial charge in [0.1, 0.15) is 23.0 Å². The van der Waals surface area contributed by atoms with Gasteiger partial charge in [-0.2, -0.15) is 0 Å². The van der Waals surface area contributed by atoms with Gasteiger partial charge in [0.05, 0.1) is 11.1 Å². The van der Waals surface area contributed by atoms with Crippen LogP contribution in [0, 0.1) is 0 Å². The summed E-state index contributed by atoms with van der Waals surface area (Å²) in [5, 5.41) is 3.27. The van der Waals surface area contributed by atoms with Crippen LogP contribution < -0.4 is 18.9 Å². The van der Waals surface area contributed by atoms with Crippen molar-refractivity contribution in [1.29, 1.82) is 0 Å². The number of rotatable bonds is 13. The molecule has 0 aliphatic rings. The largest absolute Gasteiger partial charge is 0.457 e. The van der Waals surface area contributed by atoms with E-state index in [-0.39, 0.29) is 47.4 Å². The fourth-order valence-electron chi connectivity index (χ4n) is 5.43. The molecule has 0 aliphatic heterocycles. The minimum atomic E-state index is -0.637. The molecule has 0 atom stereocenters. The van der Waals surface area contributed by atoms with E-state index in [1.165, 1.54) is 38.1 Å². The van der Waals surface area contributed by atoms with Crippen LogP contribution in [0.15, 0.2) is 146 Å². The molecule has 270 valence electrons. The number of carbonyl (C=O) groups is 4. The first-order valence-electron chi connectivity index (χ1n) is 16.7. The van der Waals surface area contributed by atoms with Gasteiger partial charge in [-0.1, -0.05) is 73.8 Å². The highest BCUT2D eigenvalue weighted by molar-refractivity contribution is 6.11. The average molecular weight is 723 g/mol. The molecule has 0 saturated heterocycles. The molecule has 0 radical (unpaired) electrons. The highest BCUT2D eigenvalue weighted by atomic mass is 16.7. The average Bonchev–Trinajstić information content (AvgIpc) is 3.18. The number of ether oxygens (including phenoxy) is 6. The smallest absolute Gasteiger partial charge is 0.343 e. The van der Waals surface area contributed by atoms with Gasteiger partial charge in [-0.15, -0.1) is 0 Å². The Bertz CT molecular complexity index is 2240. The summed E-state index contributed by atoms with van der Waals surface area (Å²) in [4.78, 5) is 50.5. The second kappa shape index (κ2) is 16.4. The minimum Gasteiger partial charge on any atom is -0.457 e. The number of hydrogen-bond donors (Lipinski definition) is 0. The molecule has 0 saturated carbocycles. The zero-order valence-corrected chi connectivity index (χ0v) is 29.5. The molecule has 54 heavy (non-hydrogen) atoms. The first-order chi connectivity index (χ1) is 26.1. The van der Waals surface area contributed by atoms with Crippen LogP contribution in [-0.4, -0.2) is 37.5 Å². The molecule has 6 aromatic carbocycles. The van der Waals surface area contributed by atoms with E-state index >= 15 is 0 Å². The molecular weight excluding hydrogens is 688 g/mol. The van der Waals surface area contributed by atoms with Gasteiger partial charge in [0.15, 0.2) is 0 Å². The topological polar surface area (TPSA) is 124 Å². The van der Waals surface area contributed by atoms with E-state index < -0.39 is 23.9 Å². The molecule has 6 aromatic rings. The third kappa shape index (κ3) is 8.46. The lowest BCUT2D eigenvalue weighted by Gasteiger charge is -2.19. The molecule has 0 bridgehead atoms. The third-order valence-corrected chi connectivity index (χ3v) is 8.15. The zero-order valence-electron chi connectivity index (χ0n) is 29.5. The SMILES string of the molecule is C=C(C)C(=O)OCOc1ccc(C(=O)Oc2ccc3ccccc3c2-c2c(OC(=O)c3ccc(OCOC(=O)C(=C)C)cc3)ccc3ccccc23)cc1. The van der Waals surface area contributed by atoms with Gasteiger partial charge in [0.25, 0.3) is 0 Å². The number of hydrogen-bond acceptors (Lipinski definition) is 10. The van der Waals surface area contributed by atoms with Gasteiger partial charge in [0.2, 0.25) is 13.6 Å². The second-order valence-corrected chi connectivity index (χ2v) is 12.1. The van der Waals surface area contributed by atoms with Gasteiger partial charge < -0.3 is 28.4 Å². The van der Waals surface area contributed by atoms with E-state index in [1.54, 1.807) is 36.4 Å². The summed E-state index contributed by atoms with van der Waals surface area (Å²) in [5.41, 5.74) is 2.08. The Morgan fingerprint density at radius 3 is 1.22 bits per heavy atom. The third-order valence-electron chi connectivity index (χ3n) is 8.15. The molecule has 0 unspecified atom stereocenters. The van der Waals surface area contributed by atoms with Crippen molar-refractivity contribution in [2.45, 2.75) is 13.8 Å². The summed E-state index contributed by atoms with van der Waals surface area (Å²) in [6.07, 6.45) is 0. The molecule has 10 nitrogen and oxygen atoms in total. The van der Waals surface area contributed by atoms with E-state index in [9.17, 15) is 19.2 Å². The van der Waals surface area contributed by atoms with E-state index in [2.05, 4.69) is 13.2 Å². The maximum Gasteiger partial charge on any atom is 0.343 e. The molecule has 0 fully saturated rings. The summed E-state index contributed by atoms with van der Waals surface area (Å²) < 4.78 is 33.0. The summed E-state index contributed by atoms with van der Waals surface area (Å²) >= 11 is 0. The highest BCUT2D eigenvalue weighted by Crippen LogP contribution is 2.46. The maximum atomic E-state index is 13.6. The number of esters is 4. The summed E-state index contributed by atoms with van der Waals surface area (Å²) in [7, 11) is 0. The van der Waals surface area contributed by atoms with E-state index in [0.29, 0.717) is 22.6 Å². The second-order valence-electron chi connectivity index (χ2n) is 12.1. The van der Waals surface area contributed by atoms with Gasteiger partial charge in [0, 0.05) is 22.3 Å². The van der Waals surface area contributed by atoms with E-state index in [1.807, 2.05) is 60.7 Å². The van der Waals surface area contributed by atoms with Crippen molar-refractivity contribution >= 4 is 45.4 Å². The van der Waals surface area contributed by atoms with Crippen LogP contribution >= 0.6 is 0 Å². The summed E-state index contributed by atoms with van der Waals surface area (Å²) in [6, 6.07) is 34.8. The van der Waals surface area contributed by atoms with E-state index in [0.717, 1.165) is 21.5 Å². The van der Waals surface area contributed by atoms with Crippen molar-refractivity contribution in [3.63, 3.8) is 0 Å². The van der Waals surface area contributed by atoms with Gasteiger partial charge >= 0.3 is 23.9 Å². The van der Waals surface area contributed by atoms with E-state index in [4.69, 9.17) is 28.4 Å².